The number of nitrogens with zero attached hydrogens (tertiary/aromatic N) is 2. The van der Waals surface area contributed by atoms with E-state index >= 15 is 0 Å². The van der Waals surface area contributed by atoms with Gasteiger partial charge in [0.05, 0.1) is 19.8 Å². The maximum absolute atomic E-state index is 12.9. The molecule has 2 aliphatic rings. The van der Waals surface area contributed by atoms with Crippen molar-refractivity contribution in [2.75, 3.05) is 26.8 Å². The number of ether oxygens (including phenoxy) is 3. The molecule has 0 radical (unpaired) electrons. The number of hydrogen-bond donors (Lipinski definition) is 2. The molecule has 1 atom stereocenters. The summed E-state index contributed by atoms with van der Waals surface area (Å²) in [5.74, 6) is 0.844. The second-order valence-electron chi connectivity index (χ2n) is 8.34. The molecule has 1 aromatic heterocycles. The van der Waals surface area contributed by atoms with Crippen molar-refractivity contribution in [3.63, 3.8) is 0 Å². The Balaban J connectivity index is 0.000000623. The van der Waals surface area contributed by atoms with Gasteiger partial charge in [0.15, 0.2) is 23.0 Å². The highest BCUT2D eigenvalue weighted by molar-refractivity contribution is 5.94. The van der Waals surface area contributed by atoms with Crippen molar-refractivity contribution in [1.29, 1.82) is 0 Å². The van der Waals surface area contributed by atoms with Gasteiger partial charge in [-0.25, -0.2) is 9.78 Å². The molecule has 2 amide bonds. The number of primary amides is 1. The molecule has 4 rings (SSSR count). The van der Waals surface area contributed by atoms with E-state index in [9.17, 15) is 18.4 Å². The molecule has 192 valence electrons. The molecular weight excluding hydrogens is 466 g/mol. The molecule has 1 saturated heterocycles. The van der Waals surface area contributed by atoms with Gasteiger partial charge in [0.25, 0.3) is 5.91 Å². The van der Waals surface area contributed by atoms with Crippen LogP contribution < -0.4 is 20.9 Å². The lowest BCUT2D eigenvalue weighted by molar-refractivity contribution is -0.0515. The highest BCUT2D eigenvalue weighted by Gasteiger charge is 2.29. The van der Waals surface area contributed by atoms with Crippen molar-refractivity contribution in [3.05, 3.63) is 29.7 Å². The highest BCUT2D eigenvalue weighted by Crippen LogP contribution is 2.37. The molecule has 10 nitrogen and oxygen atoms in total. The van der Waals surface area contributed by atoms with E-state index in [1.807, 2.05) is 0 Å². The van der Waals surface area contributed by atoms with Gasteiger partial charge < -0.3 is 35.0 Å². The Hall–Kier alpha value is -3.41. The Labute approximate surface area is 201 Å². The minimum atomic E-state index is -2.96. The highest BCUT2D eigenvalue weighted by atomic mass is 19.3. The van der Waals surface area contributed by atoms with Crippen LogP contribution in [-0.4, -0.2) is 55.3 Å². The minimum absolute atomic E-state index is 0.0539. The largest absolute Gasteiger partial charge is 0.489 e. The van der Waals surface area contributed by atoms with Crippen molar-refractivity contribution in [2.24, 2.45) is 17.4 Å². The van der Waals surface area contributed by atoms with Crippen molar-refractivity contribution in [2.45, 2.75) is 45.3 Å². The van der Waals surface area contributed by atoms with Crippen molar-refractivity contribution in [1.82, 2.24) is 9.88 Å². The van der Waals surface area contributed by atoms with Gasteiger partial charge in [-0.15, -0.1) is 0 Å². The number of benzene rings is 1. The first kappa shape index (κ1) is 26.2. The van der Waals surface area contributed by atoms with Crippen LogP contribution in [0.2, 0.25) is 0 Å². The number of oxazole rings is 1. The molecule has 1 aromatic carbocycles. The quantitative estimate of drug-likeness (QED) is 0.563. The van der Waals surface area contributed by atoms with Crippen LogP contribution in [0.25, 0.3) is 11.5 Å². The Kier molecular flexibility index (Phi) is 8.85. The maximum atomic E-state index is 12.9. The van der Waals surface area contributed by atoms with Crippen LogP contribution in [0.5, 0.6) is 11.5 Å². The van der Waals surface area contributed by atoms with Gasteiger partial charge in [0, 0.05) is 18.7 Å². The lowest BCUT2D eigenvalue weighted by Crippen LogP contribution is -2.29. The molecule has 0 unspecified atom stereocenters. The Morgan fingerprint density at radius 2 is 1.89 bits per heavy atom. The fraction of sp³-hybridized carbons (Fsp3) is 0.522. The van der Waals surface area contributed by atoms with E-state index in [0.717, 1.165) is 25.7 Å². The van der Waals surface area contributed by atoms with Crippen LogP contribution in [0.15, 0.2) is 22.6 Å². The normalized spacial score (nSPS) is 15.9. The van der Waals surface area contributed by atoms with Gasteiger partial charge in [-0.3, -0.25) is 4.79 Å². The molecule has 2 aromatic rings. The van der Waals surface area contributed by atoms with Gasteiger partial charge in [-0.1, -0.05) is 0 Å². The van der Waals surface area contributed by atoms with Gasteiger partial charge >= 0.3 is 12.7 Å². The van der Waals surface area contributed by atoms with E-state index < -0.39 is 18.7 Å². The molecule has 1 aliphatic heterocycles. The van der Waals surface area contributed by atoms with Crippen LogP contribution >= 0.6 is 0 Å². The average molecular weight is 497 g/mol. The van der Waals surface area contributed by atoms with Gasteiger partial charge in [-0.2, -0.15) is 8.78 Å². The standard InChI is InChI=1S/C21H25F2N3O4.C2H5NO2/c1-12(24)18-17(20(27)26-8-2-3-9-26)25-19(30-18)14-6-7-15(29-21(22)23)16(10-14)28-11-13-4-5-13;1-5-2(3)4/h6-7,10,12-13,21H,2-5,8-9,11,24H2,1H3;1H3,(H2,3,4)/t12-;/m0./s1. The fourth-order valence-corrected chi connectivity index (χ4v) is 3.43. The predicted molar refractivity (Wildman–Crippen MR) is 121 cm³/mol. The Morgan fingerprint density at radius 1 is 1.23 bits per heavy atom. The Bertz CT molecular complexity index is 1020. The number of rotatable bonds is 8. The molecule has 12 heteroatoms. The zero-order chi connectivity index (χ0) is 25.5. The molecule has 2 fully saturated rings. The molecule has 0 bridgehead atoms. The molecule has 0 spiro atoms. The summed E-state index contributed by atoms with van der Waals surface area (Å²) in [5.41, 5.74) is 11.1. The molecule has 1 aliphatic carbocycles. The van der Waals surface area contributed by atoms with Gasteiger partial charge in [0.1, 0.15) is 0 Å². The third-order valence-electron chi connectivity index (χ3n) is 5.44. The number of aromatic nitrogens is 1. The molecule has 4 N–H and O–H groups in total. The zero-order valence-electron chi connectivity index (χ0n) is 19.7. The number of carbonyl (C=O) groups excluding carboxylic acids is 2. The summed E-state index contributed by atoms with van der Waals surface area (Å²) in [6.07, 6.45) is 3.29. The monoisotopic (exact) mass is 496 g/mol. The van der Waals surface area contributed by atoms with Crippen LogP contribution in [0.4, 0.5) is 13.6 Å². The van der Waals surface area contributed by atoms with Crippen LogP contribution in [-0.2, 0) is 4.74 Å². The second-order valence-corrected chi connectivity index (χ2v) is 8.34. The van der Waals surface area contributed by atoms with Crippen molar-refractivity contribution >= 4 is 12.0 Å². The lowest BCUT2D eigenvalue weighted by Gasteiger charge is -2.14. The first-order valence-electron chi connectivity index (χ1n) is 11.3. The third kappa shape index (κ3) is 7.28. The number of likely N-dealkylation sites (tertiary alicyclic amines) is 1. The zero-order valence-corrected chi connectivity index (χ0v) is 19.7. The average Bonchev–Trinajstić information content (AvgIpc) is 3.29. The summed E-state index contributed by atoms with van der Waals surface area (Å²) in [5, 5.41) is 0. The fourth-order valence-electron chi connectivity index (χ4n) is 3.43. The van der Waals surface area contributed by atoms with Crippen molar-refractivity contribution in [3.8, 4) is 23.0 Å². The van der Waals surface area contributed by atoms with Gasteiger partial charge in [-0.05, 0) is 56.7 Å². The van der Waals surface area contributed by atoms with E-state index in [4.69, 9.17) is 14.9 Å². The number of nitrogens with two attached hydrogens (primary N) is 2. The Morgan fingerprint density at radius 3 is 2.43 bits per heavy atom. The van der Waals surface area contributed by atoms with E-state index in [0.29, 0.717) is 36.9 Å². The second kappa shape index (κ2) is 11.8. The van der Waals surface area contributed by atoms with Gasteiger partial charge in [0.2, 0.25) is 5.89 Å². The third-order valence-corrected chi connectivity index (χ3v) is 5.44. The van der Waals surface area contributed by atoms with E-state index in [1.165, 1.54) is 13.2 Å². The predicted octanol–water partition coefficient (Wildman–Crippen LogP) is 3.70. The summed E-state index contributed by atoms with van der Waals surface area (Å²) >= 11 is 0. The van der Waals surface area contributed by atoms with Crippen LogP contribution in [0, 0.1) is 5.92 Å². The molecular formula is C23H30F2N4O6. The first-order valence-corrected chi connectivity index (χ1v) is 11.3. The van der Waals surface area contributed by atoms with E-state index in [2.05, 4.69) is 20.2 Å². The summed E-state index contributed by atoms with van der Waals surface area (Å²) in [4.78, 5) is 28.4. The summed E-state index contributed by atoms with van der Waals surface area (Å²) in [6.45, 7) is 0.541. The van der Waals surface area contributed by atoms with Crippen molar-refractivity contribution < 1.29 is 37.0 Å². The van der Waals surface area contributed by atoms with E-state index in [-0.39, 0.29) is 29.0 Å². The molecule has 2 heterocycles. The topological polar surface area (TPSA) is 143 Å². The maximum Gasteiger partial charge on any atom is 0.404 e. The molecule has 1 saturated carbocycles. The summed E-state index contributed by atoms with van der Waals surface area (Å²) < 4.78 is 45.5. The number of hydrogen-bond acceptors (Lipinski definition) is 8. The summed E-state index contributed by atoms with van der Waals surface area (Å²) in [7, 11) is 1.22. The molecule has 35 heavy (non-hydrogen) atoms. The summed E-state index contributed by atoms with van der Waals surface area (Å²) in [6, 6.07) is 3.95. The first-order chi connectivity index (χ1) is 16.7. The number of methoxy groups -OCH3 is 1. The van der Waals surface area contributed by atoms with Crippen LogP contribution in [0.1, 0.15) is 54.9 Å². The van der Waals surface area contributed by atoms with E-state index in [1.54, 1.807) is 24.0 Å². The minimum Gasteiger partial charge on any atom is -0.489 e. The SMILES string of the molecule is COC(N)=O.C[C@H](N)c1oc(-c2ccc(OC(F)F)c(OCC3CC3)c2)nc1C(=O)N1CCCC1. The smallest absolute Gasteiger partial charge is 0.404 e. The number of carbonyl (C=O) groups is 2. The lowest BCUT2D eigenvalue weighted by atomic mass is 10.2. The number of halogens is 2. The van der Waals surface area contributed by atoms with Crippen LogP contribution in [0.3, 0.4) is 0 Å². The number of amides is 2. The number of alkyl halides is 2.